The molecule has 0 saturated heterocycles. The number of aromatic nitrogens is 2. The van der Waals surface area contributed by atoms with Gasteiger partial charge in [0.15, 0.2) is 0 Å². The number of carbonyl (C=O) groups is 2. The smallest absolute Gasteiger partial charge is 0.354 e. The Balaban J connectivity index is 2.09. The van der Waals surface area contributed by atoms with Crippen molar-refractivity contribution in [2.24, 2.45) is 0 Å². The van der Waals surface area contributed by atoms with Crippen molar-refractivity contribution >= 4 is 17.6 Å². The van der Waals surface area contributed by atoms with Gasteiger partial charge >= 0.3 is 5.97 Å². The normalized spacial score (nSPS) is 10.1. The summed E-state index contributed by atoms with van der Waals surface area (Å²) in [6.07, 6.45) is 1.33. The van der Waals surface area contributed by atoms with Crippen LogP contribution in [0.3, 0.4) is 0 Å². The molecule has 2 aromatic rings. The van der Waals surface area contributed by atoms with Crippen molar-refractivity contribution in [3.8, 4) is 5.75 Å². The second-order valence-corrected chi connectivity index (χ2v) is 3.93. The molecule has 0 bridgehead atoms. The highest BCUT2D eigenvalue weighted by Crippen LogP contribution is 2.22. The quantitative estimate of drug-likeness (QED) is 0.856. The molecule has 20 heavy (non-hydrogen) atoms. The van der Waals surface area contributed by atoms with Crippen molar-refractivity contribution in [2.45, 2.75) is 6.54 Å². The van der Waals surface area contributed by atoms with Crippen molar-refractivity contribution in [2.75, 3.05) is 12.4 Å². The number of carboxylic acids is 1. The van der Waals surface area contributed by atoms with E-state index in [1.807, 2.05) is 0 Å². The Morgan fingerprint density at radius 3 is 2.80 bits per heavy atom. The molecule has 1 heterocycles. The molecule has 1 aromatic heterocycles. The maximum absolute atomic E-state index is 11.9. The standard InChI is InChI=1S/C13H13N3O4/c1-20-11-5-3-2-4-9(11)15-12(17)8-16-10(13(18)19)6-7-14-16/h2-7H,8H2,1H3,(H,15,17)(H,18,19). The molecule has 0 unspecified atom stereocenters. The summed E-state index contributed by atoms with van der Waals surface area (Å²) in [4.78, 5) is 22.8. The van der Waals surface area contributed by atoms with E-state index in [9.17, 15) is 9.59 Å². The number of carbonyl (C=O) groups excluding carboxylic acids is 1. The number of ether oxygens (including phenoxy) is 1. The maximum Gasteiger partial charge on any atom is 0.354 e. The monoisotopic (exact) mass is 275 g/mol. The Morgan fingerprint density at radius 1 is 1.35 bits per heavy atom. The van der Waals surface area contributed by atoms with E-state index in [2.05, 4.69) is 10.4 Å². The molecule has 0 spiro atoms. The fourth-order valence-electron chi connectivity index (χ4n) is 1.71. The molecule has 0 atom stereocenters. The van der Waals surface area contributed by atoms with E-state index in [4.69, 9.17) is 9.84 Å². The Hall–Kier alpha value is -2.83. The third-order valence-electron chi connectivity index (χ3n) is 2.61. The first-order valence-electron chi connectivity index (χ1n) is 5.80. The Morgan fingerprint density at radius 2 is 2.10 bits per heavy atom. The second kappa shape index (κ2) is 5.87. The predicted molar refractivity (Wildman–Crippen MR) is 70.8 cm³/mol. The number of rotatable bonds is 5. The topological polar surface area (TPSA) is 93.5 Å². The molecule has 0 aliphatic heterocycles. The number of nitrogens with zero attached hydrogens (tertiary/aromatic N) is 2. The molecule has 1 aromatic carbocycles. The SMILES string of the molecule is COc1ccccc1NC(=O)Cn1nccc1C(=O)O. The zero-order valence-electron chi connectivity index (χ0n) is 10.7. The van der Waals surface area contributed by atoms with E-state index in [-0.39, 0.29) is 18.1 Å². The first-order valence-corrected chi connectivity index (χ1v) is 5.80. The number of carboxylic acid groups (broad SMARTS) is 1. The van der Waals surface area contributed by atoms with Gasteiger partial charge in [-0.25, -0.2) is 9.48 Å². The van der Waals surface area contributed by atoms with Gasteiger partial charge in [0.05, 0.1) is 12.8 Å². The summed E-state index contributed by atoms with van der Waals surface area (Å²) in [6.45, 7) is -0.188. The van der Waals surface area contributed by atoms with E-state index < -0.39 is 5.97 Å². The predicted octanol–water partition coefficient (Wildman–Crippen LogP) is 1.23. The number of benzene rings is 1. The number of nitrogens with one attached hydrogen (secondary N) is 1. The summed E-state index contributed by atoms with van der Waals surface area (Å²) in [5.41, 5.74) is 0.476. The van der Waals surface area contributed by atoms with E-state index in [1.165, 1.54) is 19.4 Å². The number of anilines is 1. The number of hydrogen-bond acceptors (Lipinski definition) is 4. The molecule has 0 radical (unpaired) electrons. The zero-order chi connectivity index (χ0) is 14.5. The molecule has 7 nitrogen and oxygen atoms in total. The van der Waals surface area contributed by atoms with Gasteiger partial charge < -0.3 is 15.2 Å². The van der Waals surface area contributed by atoms with Gasteiger partial charge in [-0.15, -0.1) is 0 Å². The molecule has 0 aliphatic carbocycles. The van der Waals surface area contributed by atoms with Gasteiger partial charge in [0, 0.05) is 6.20 Å². The summed E-state index contributed by atoms with van der Waals surface area (Å²) >= 11 is 0. The third-order valence-corrected chi connectivity index (χ3v) is 2.61. The maximum atomic E-state index is 11.9. The Labute approximate surface area is 114 Å². The minimum Gasteiger partial charge on any atom is -0.495 e. The van der Waals surface area contributed by atoms with Crippen LogP contribution in [-0.4, -0.2) is 33.9 Å². The van der Waals surface area contributed by atoms with Crippen LogP contribution in [-0.2, 0) is 11.3 Å². The number of aromatic carboxylic acids is 1. The summed E-state index contributed by atoms with van der Waals surface area (Å²) in [6, 6.07) is 8.28. The fourth-order valence-corrected chi connectivity index (χ4v) is 1.71. The number of methoxy groups -OCH3 is 1. The number of para-hydroxylation sites is 2. The molecule has 7 heteroatoms. The van der Waals surface area contributed by atoms with E-state index in [1.54, 1.807) is 24.3 Å². The Kier molecular flexibility index (Phi) is 3.99. The van der Waals surface area contributed by atoms with Gasteiger partial charge in [-0.3, -0.25) is 4.79 Å². The van der Waals surface area contributed by atoms with Crippen LogP contribution in [0.4, 0.5) is 5.69 Å². The highest BCUT2D eigenvalue weighted by Gasteiger charge is 2.14. The lowest BCUT2D eigenvalue weighted by atomic mass is 10.3. The van der Waals surface area contributed by atoms with Crippen molar-refractivity contribution in [3.63, 3.8) is 0 Å². The highest BCUT2D eigenvalue weighted by molar-refractivity contribution is 5.93. The summed E-state index contributed by atoms with van der Waals surface area (Å²) in [7, 11) is 1.50. The molecule has 0 saturated carbocycles. The van der Waals surface area contributed by atoms with Gasteiger partial charge in [-0.1, -0.05) is 12.1 Å². The molecule has 0 fully saturated rings. The third kappa shape index (κ3) is 2.94. The average molecular weight is 275 g/mol. The highest BCUT2D eigenvalue weighted by atomic mass is 16.5. The van der Waals surface area contributed by atoms with Crippen LogP contribution in [0.15, 0.2) is 36.5 Å². The number of amides is 1. The minimum atomic E-state index is -1.13. The minimum absolute atomic E-state index is 0.0415. The zero-order valence-corrected chi connectivity index (χ0v) is 10.7. The molecule has 2 N–H and O–H groups in total. The summed E-state index contributed by atoms with van der Waals surface area (Å²) in [5.74, 6) is -0.993. The van der Waals surface area contributed by atoms with Crippen LogP contribution in [0.2, 0.25) is 0 Å². The molecule has 1 amide bonds. The lowest BCUT2D eigenvalue weighted by Crippen LogP contribution is -2.22. The van der Waals surface area contributed by atoms with Crippen LogP contribution in [0.5, 0.6) is 5.75 Å². The molecular formula is C13H13N3O4. The van der Waals surface area contributed by atoms with Crippen LogP contribution in [0.1, 0.15) is 10.5 Å². The summed E-state index contributed by atoms with van der Waals surface area (Å²) < 4.78 is 6.23. The average Bonchev–Trinajstić information content (AvgIpc) is 2.87. The van der Waals surface area contributed by atoms with E-state index >= 15 is 0 Å². The van der Waals surface area contributed by atoms with Crippen LogP contribution in [0, 0.1) is 0 Å². The lowest BCUT2D eigenvalue weighted by molar-refractivity contribution is -0.116. The number of hydrogen-bond donors (Lipinski definition) is 2. The largest absolute Gasteiger partial charge is 0.495 e. The van der Waals surface area contributed by atoms with Gasteiger partial charge in [-0.2, -0.15) is 5.10 Å². The second-order valence-electron chi connectivity index (χ2n) is 3.93. The van der Waals surface area contributed by atoms with Crippen LogP contribution >= 0.6 is 0 Å². The van der Waals surface area contributed by atoms with Crippen molar-refractivity contribution in [3.05, 3.63) is 42.2 Å². The van der Waals surface area contributed by atoms with Gasteiger partial charge in [0.25, 0.3) is 0 Å². The molecule has 2 rings (SSSR count). The molecular weight excluding hydrogens is 262 g/mol. The van der Waals surface area contributed by atoms with Crippen molar-refractivity contribution in [1.82, 2.24) is 9.78 Å². The van der Waals surface area contributed by atoms with E-state index in [0.717, 1.165) is 4.68 Å². The molecule has 104 valence electrons. The first-order chi connectivity index (χ1) is 9.61. The van der Waals surface area contributed by atoms with Crippen LogP contribution in [0.25, 0.3) is 0 Å². The van der Waals surface area contributed by atoms with Crippen LogP contribution < -0.4 is 10.1 Å². The Bertz CT molecular complexity index is 636. The van der Waals surface area contributed by atoms with Crippen molar-refractivity contribution in [1.29, 1.82) is 0 Å². The summed E-state index contributed by atoms with van der Waals surface area (Å²) in [5, 5.41) is 15.4. The molecule has 0 aliphatic rings. The van der Waals surface area contributed by atoms with Crippen molar-refractivity contribution < 1.29 is 19.4 Å². The first kappa shape index (κ1) is 13.6. The van der Waals surface area contributed by atoms with Gasteiger partial charge in [-0.05, 0) is 18.2 Å². The fraction of sp³-hybridized carbons (Fsp3) is 0.154. The van der Waals surface area contributed by atoms with Gasteiger partial charge in [0.2, 0.25) is 5.91 Å². The lowest BCUT2D eigenvalue weighted by Gasteiger charge is -2.10. The van der Waals surface area contributed by atoms with Gasteiger partial charge in [0.1, 0.15) is 18.0 Å². The van der Waals surface area contributed by atoms with E-state index in [0.29, 0.717) is 11.4 Å².